The quantitative estimate of drug-likeness (QED) is 0.755. The van der Waals surface area contributed by atoms with Gasteiger partial charge in [-0.3, -0.25) is 9.59 Å². The molecule has 6 heteroatoms. The van der Waals surface area contributed by atoms with E-state index in [2.05, 4.69) is 5.32 Å². The minimum Gasteiger partial charge on any atom is -0.497 e. The number of benzene rings is 2. The predicted octanol–water partition coefficient (Wildman–Crippen LogP) is 3.90. The molecule has 0 saturated carbocycles. The van der Waals surface area contributed by atoms with E-state index in [9.17, 15) is 9.59 Å². The van der Waals surface area contributed by atoms with Crippen molar-refractivity contribution in [2.24, 2.45) is 0 Å². The molecule has 1 aliphatic rings. The van der Waals surface area contributed by atoms with Gasteiger partial charge in [-0.05, 0) is 55.7 Å². The van der Waals surface area contributed by atoms with Gasteiger partial charge in [0.2, 0.25) is 5.91 Å². The van der Waals surface area contributed by atoms with Gasteiger partial charge < -0.3 is 19.7 Å². The highest BCUT2D eigenvalue weighted by atomic mass is 16.5. The molecule has 0 radical (unpaired) electrons. The molecule has 0 aromatic heterocycles. The summed E-state index contributed by atoms with van der Waals surface area (Å²) in [6.07, 6.45) is 5.12. The monoisotopic (exact) mass is 394 g/mol. The third-order valence-corrected chi connectivity index (χ3v) is 4.99. The van der Waals surface area contributed by atoms with Crippen LogP contribution in [0.2, 0.25) is 0 Å². The van der Waals surface area contributed by atoms with Crippen molar-refractivity contribution in [2.75, 3.05) is 32.6 Å². The number of aryl methyl sites for hydroxylation is 1. The van der Waals surface area contributed by atoms with Gasteiger partial charge in [0.1, 0.15) is 11.5 Å². The second-order valence-electron chi connectivity index (χ2n) is 6.93. The van der Waals surface area contributed by atoms with Crippen LogP contribution in [0.4, 0.5) is 5.69 Å². The van der Waals surface area contributed by atoms with Crippen molar-refractivity contribution in [1.29, 1.82) is 0 Å². The molecular weight excluding hydrogens is 368 g/mol. The third kappa shape index (κ3) is 4.77. The fraction of sp³-hybridized carbons (Fsp3) is 0.304. The zero-order chi connectivity index (χ0) is 20.8. The molecule has 1 heterocycles. The summed E-state index contributed by atoms with van der Waals surface area (Å²) in [4.78, 5) is 27.3. The zero-order valence-corrected chi connectivity index (χ0v) is 17.0. The molecule has 1 aliphatic heterocycles. The smallest absolute Gasteiger partial charge is 0.256 e. The summed E-state index contributed by atoms with van der Waals surface area (Å²) in [6.45, 7) is 3.40. The lowest BCUT2D eigenvalue weighted by atomic mass is 10.0. The minimum absolute atomic E-state index is 0.0330. The highest BCUT2D eigenvalue weighted by molar-refractivity contribution is 6.08. The van der Waals surface area contributed by atoms with Gasteiger partial charge in [-0.25, -0.2) is 0 Å². The number of nitrogens with one attached hydrogen (secondary N) is 1. The molecule has 152 valence electrons. The van der Waals surface area contributed by atoms with E-state index in [0.717, 1.165) is 37.1 Å². The average Bonchev–Trinajstić information content (AvgIpc) is 3.26. The molecule has 0 aliphatic carbocycles. The Bertz CT molecular complexity index is 930. The lowest BCUT2D eigenvalue weighted by Gasteiger charge is -2.19. The number of amides is 2. The van der Waals surface area contributed by atoms with Gasteiger partial charge in [0, 0.05) is 24.7 Å². The topological polar surface area (TPSA) is 67.9 Å². The summed E-state index contributed by atoms with van der Waals surface area (Å²) >= 11 is 0. The van der Waals surface area contributed by atoms with E-state index in [-0.39, 0.29) is 11.8 Å². The number of carbonyl (C=O) groups is 2. The van der Waals surface area contributed by atoms with Crippen molar-refractivity contribution in [1.82, 2.24) is 4.90 Å². The lowest BCUT2D eigenvalue weighted by molar-refractivity contribution is -0.111. The molecule has 3 rings (SSSR count). The number of ether oxygens (including phenoxy) is 2. The summed E-state index contributed by atoms with van der Waals surface area (Å²) < 4.78 is 10.6. The normalized spacial score (nSPS) is 13.6. The number of methoxy groups -OCH3 is 2. The maximum Gasteiger partial charge on any atom is 0.256 e. The van der Waals surface area contributed by atoms with Gasteiger partial charge in [-0.1, -0.05) is 12.1 Å². The maximum atomic E-state index is 12.9. The van der Waals surface area contributed by atoms with Gasteiger partial charge in [-0.2, -0.15) is 0 Å². The van der Waals surface area contributed by atoms with Crippen LogP contribution in [0.3, 0.4) is 0 Å². The number of carbonyl (C=O) groups excluding carboxylic acids is 2. The van der Waals surface area contributed by atoms with Crippen LogP contribution in [0.1, 0.15) is 34.3 Å². The van der Waals surface area contributed by atoms with Gasteiger partial charge in [0.25, 0.3) is 5.91 Å². The largest absolute Gasteiger partial charge is 0.497 e. The van der Waals surface area contributed by atoms with Crippen LogP contribution in [-0.2, 0) is 4.79 Å². The number of hydrogen-bond donors (Lipinski definition) is 1. The summed E-state index contributed by atoms with van der Waals surface area (Å²) in [5, 5.41) is 2.85. The van der Waals surface area contributed by atoms with Gasteiger partial charge in [-0.15, -0.1) is 0 Å². The molecule has 29 heavy (non-hydrogen) atoms. The van der Waals surface area contributed by atoms with Crippen LogP contribution in [0, 0.1) is 6.92 Å². The van der Waals surface area contributed by atoms with Crippen LogP contribution >= 0.6 is 0 Å². The standard InChI is InChI=1S/C23H26N2O4/c1-16-7-6-8-19(22(16)23(27)25-13-4-5-14-25)24-21(26)12-9-17-15-18(28-2)10-11-20(17)29-3/h6-12,15H,4-5,13-14H2,1-3H3,(H,24,26)/b12-9+. The Hall–Kier alpha value is -3.28. The lowest BCUT2D eigenvalue weighted by Crippen LogP contribution is -2.29. The number of rotatable bonds is 6. The first-order valence-corrected chi connectivity index (χ1v) is 9.63. The van der Waals surface area contributed by atoms with Crippen LogP contribution < -0.4 is 14.8 Å². The third-order valence-electron chi connectivity index (χ3n) is 4.99. The molecule has 1 fully saturated rings. The first-order chi connectivity index (χ1) is 14.0. The van der Waals surface area contributed by atoms with Crippen LogP contribution in [-0.4, -0.2) is 44.0 Å². The van der Waals surface area contributed by atoms with Crippen LogP contribution in [0.15, 0.2) is 42.5 Å². The minimum atomic E-state index is -0.323. The van der Waals surface area contributed by atoms with E-state index in [1.165, 1.54) is 6.08 Å². The number of likely N-dealkylation sites (tertiary alicyclic amines) is 1. The summed E-state index contributed by atoms with van der Waals surface area (Å²) in [5.74, 6) is 0.948. The number of hydrogen-bond acceptors (Lipinski definition) is 4. The molecule has 2 aromatic carbocycles. The van der Waals surface area contributed by atoms with Gasteiger partial charge >= 0.3 is 0 Å². The molecule has 0 bridgehead atoms. The van der Waals surface area contributed by atoms with Crippen molar-refractivity contribution >= 4 is 23.6 Å². The molecular formula is C23H26N2O4. The molecule has 1 saturated heterocycles. The van der Waals surface area contributed by atoms with Gasteiger partial charge in [0.05, 0.1) is 25.5 Å². The first kappa shape index (κ1) is 20.5. The van der Waals surface area contributed by atoms with Crippen molar-refractivity contribution in [3.8, 4) is 11.5 Å². The van der Waals surface area contributed by atoms with Crippen molar-refractivity contribution in [2.45, 2.75) is 19.8 Å². The Morgan fingerprint density at radius 3 is 2.52 bits per heavy atom. The van der Waals surface area contributed by atoms with Crippen molar-refractivity contribution in [3.05, 3.63) is 59.2 Å². The van der Waals surface area contributed by atoms with E-state index >= 15 is 0 Å². The molecule has 0 atom stereocenters. The summed E-state index contributed by atoms with van der Waals surface area (Å²) in [6, 6.07) is 10.8. The Morgan fingerprint density at radius 2 is 1.83 bits per heavy atom. The number of anilines is 1. The van der Waals surface area contributed by atoms with E-state index in [4.69, 9.17) is 9.47 Å². The Balaban J connectivity index is 1.80. The molecule has 2 aromatic rings. The molecule has 0 unspecified atom stereocenters. The molecule has 1 N–H and O–H groups in total. The zero-order valence-electron chi connectivity index (χ0n) is 17.0. The van der Waals surface area contributed by atoms with E-state index in [0.29, 0.717) is 22.7 Å². The highest BCUT2D eigenvalue weighted by Crippen LogP contribution is 2.26. The predicted molar refractivity (Wildman–Crippen MR) is 114 cm³/mol. The fourth-order valence-electron chi connectivity index (χ4n) is 3.44. The second kappa shape index (κ2) is 9.28. The maximum absolute atomic E-state index is 12.9. The fourth-order valence-corrected chi connectivity index (χ4v) is 3.44. The van der Waals surface area contributed by atoms with E-state index in [1.807, 2.05) is 24.0 Å². The molecule has 6 nitrogen and oxygen atoms in total. The highest BCUT2D eigenvalue weighted by Gasteiger charge is 2.23. The Morgan fingerprint density at radius 1 is 1.07 bits per heavy atom. The van der Waals surface area contributed by atoms with Crippen molar-refractivity contribution in [3.63, 3.8) is 0 Å². The van der Waals surface area contributed by atoms with Crippen molar-refractivity contribution < 1.29 is 19.1 Å². The number of nitrogens with zero attached hydrogens (tertiary/aromatic N) is 1. The molecule has 2 amide bonds. The van der Waals surface area contributed by atoms with E-state index in [1.54, 1.807) is 44.6 Å². The summed E-state index contributed by atoms with van der Waals surface area (Å²) in [7, 11) is 3.15. The van der Waals surface area contributed by atoms with Crippen LogP contribution in [0.25, 0.3) is 6.08 Å². The van der Waals surface area contributed by atoms with Gasteiger partial charge in [0.15, 0.2) is 0 Å². The Kier molecular flexibility index (Phi) is 6.54. The molecule has 0 spiro atoms. The second-order valence-corrected chi connectivity index (χ2v) is 6.93. The first-order valence-electron chi connectivity index (χ1n) is 9.63. The Labute approximate surface area is 171 Å². The van der Waals surface area contributed by atoms with E-state index < -0.39 is 0 Å². The van der Waals surface area contributed by atoms with Crippen LogP contribution in [0.5, 0.6) is 11.5 Å². The summed E-state index contributed by atoms with van der Waals surface area (Å²) in [5.41, 5.74) is 2.64. The average molecular weight is 394 g/mol. The SMILES string of the molecule is COc1ccc(OC)c(/C=C/C(=O)Nc2cccc(C)c2C(=O)N2CCCC2)c1.